The van der Waals surface area contributed by atoms with Crippen LogP contribution in [0.25, 0.3) is 10.8 Å². The number of hydrogen-bond donors (Lipinski definition) is 1. The van der Waals surface area contributed by atoms with Gasteiger partial charge >= 0.3 is 0 Å². The van der Waals surface area contributed by atoms with Gasteiger partial charge < -0.3 is 10.0 Å². The number of rotatable bonds is 4. The van der Waals surface area contributed by atoms with Crippen molar-refractivity contribution in [3.63, 3.8) is 0 Å². The van der Waals surface area contributed by atoms with Gasteiger partial charge in [0.05, 0.1) is 18.3 Å². The number of fused-ring (bicyclic) bond motifs is 1. The molecule has 1 amide bonds. The third-order valence-electron chi connectivity index (χ3n) is 3.11. The van der Waals surface area contributed by atoms with Crippen LogP contribution >= 0.6 is 0 Å². The lowest BCUT2D eigenvalue weighted by Crippen LogP contribution is -2.41. The summed E-state index contributed by atoms with van der Waals surface area (Å²) in [6.07, 6.45) is 0. The molecule has 0 aliphatic carbocycles. The van der Waals surface area contributed by atoms with E-state index in [-0.39, 0.29) is 6.61 Å². The molecule has 2 aromatic rings. The molecule has 0 heterocycles. The number of amides is 1. The second kappa shape index (κ2) is 5.80. The van der Waals surface area contributed by atoms with Crippen molar-refractivity contribution in [2.45, 2.75) is 13.0 Å². The Kier molecular flexibility index (Phi) is 4.12. The number of aliphatic hydroxyl groups is 1. The molecule has 4 heteroatoms. The second-order valence-corrected chi connectivity index (χ2v) is 4.43. The van der Waals surface area contributed by atoms with Gasteiger partial charge in [-0.15, -0.1) is 0 Å². The summed E-state index contributed by atoms with van der Waals surface area (Å²) in [5.74, 6) is -0.641. The summed E-state index contributed by atoms with van der Waals surface area (Å²) in [6.45, 7) is 0.401. The Labute approximate surface area is 111 Å². The van der Waals surface area contributed by atoms with Crippen molar-refractivity contribution in [1.82, 2.24) is 0 Å². The quantitative estimate of drug-likeness (QED) is 0.918. The fraction of sp³-hybridized carbons (Fsp3) is 0.267. The van der Waals surface area contributed by atoms with Crippen molar-refractivity contribution >= 4 is 22.4 Å². The zero-order valence-corrected chi connectivity index (χ0v) is 10.7. The Morgan fingerprint density at radius 3 is 2.63 bits per heavy atom. The van der Waals surface area contributed by atoms with E-state index < -0.39 is 18.6 Å². The van der Waals surface area contributed by atoms with Crippen LogP contribution in [0.3, 0.4) is 0 Å². The average molecular weight is 261 g/mol. The first-order valence-corrected chi connectivity index (χ1v) is 6.15. The molecular weight excluding hydrogens is 245 g/mol. The highest BCUT2D eigenvalue weighted by Gasteiger charge is 2.22. The van der Waals surface area contributed by atoms with Crippen LogP contribution in [0, 0.1) is 0 Å². The molecule has 0 aliphatic rings. The molecule has 2 aromatic carbocycles. The Hall–Kier alpha value is -1.94. The van der Waals surface area contributed by atoms with Gasteiger partial charge in [-0.25, -0.2) is 4.39 Å². The molecule has 0 aromatic heterocycles. The van der Waals surface area contributed by atoms with Crippen LogP contribution in [-0.4, -0.2) is 30.3 Å². The molecule has 19 heavy (non-hydrogen) atoms. The number of carbonyl (C=O) groups excluding carboxylic acids is 1. The van der Waals surface area contributed by atoms with E-state index in [2.05, 4.69) is 0 Å². The van der Waals surface area contributed by atoms with Gasteiger partial charge in [-0.1, -0.05) is 36.4 Å². The molecule has 0 radical (unpaired) electrons. The summed E-state index contributed by atoms with van der Waals surface area (Å²) in [6, 6.07) is 12.6. The van der Waals surface area contributed by atoms with E-state index in [0.29, 0.717) is 5.69 Å². The third-order valence-corrected chi connectivity index (χ3v) is 3.11. The maximum absolute atomic E-state index is 12.7. The number of carbonyl (C=O) groups is 1. The Morgan fingerprint density at radius 2 is 1.95 bits per heavy atom. The second-order valence-electron chi connectivity index (χ2n) is 4.43. The minimum Gasteiger partial charge on any atom is -0.394 e. The van der Waals surface area contributed by atoms with Crippen molar-refractivity contribution in [2.24, 2.45) is 0 Å². The zero-order chi connectivity index (χ0) is 13.8. The maximum atomic E-state index is 12.7. The highest BCUT2D eigenvalue weighted by molar-refractivity contribution is 6.04. The number of hydrogen-bond acceptors (Lipinski definition) is 2. The van der Waals surface area contributed by atoms with Crippen LogP contribution in [0.1, 0.15) is 6.92 Å². The summed E-state index contributed by atoms with van der Waals surface area (Å²) in [5, 5.41) is 11.1. The van der Waals surface area contributed by atoms with E-state index in [1.807, 2.05) is 36.4 Å². The van der Waals surface area contributed by atoms with Gasteiger partial charge in [-0.05, 0) is 18.4 Å². The number of halogens is 1. The van der Waals surface area contributed by atoms with Crippen LogP contribution in [0.4, 0.5) is 10.1 Å². The fourth-order valence-electron chi connectivity index (χ4n) is 2.18. The van der Waals surface area contributed by atoms with Gasteiger partial charge in [0.25, 0.3) is 5.91 Å². The zero-order valence-electron chi connectivity index (χ0n) is 10.7. The molecule has 0 aliphatic heterocycles. The van der Waals surface area contributed by atoms with Crippen LogP contribution in [0.15, 0.2) is 42.5 Å². The topological polar surface area (TPSA) is 40.5 Å². The van der Waals surface area contributed by atoms with Gasteiger partial charge in [0.15, 0.2) is 6.67 Å². The molecule has 0 spiro atoms. The van der Waals surface area contributed by atoms with E-state index >= 15 is 0 Å². The molecule has 1 atom stereocenters. The number of alkyl halides is 1. The predicted octanol–water partition coefficient (Wildman–Crippen LogP) is 2.52. The lowest BCUT2D eigenvalue weighted by Gasteiger charge is -2.28. The lowest BCUT2D eigenvalue weighted by atomic mass is 10.1. The standard InChI is InChI=1S/C15H16FNO2/c1-11(10-18)17(15(19)9-16)14-8-4-6-12-5-2-3-7-13(12)14/h2-8,11,18H,9-10H2,1H3. The van der Waals surface area contributed by atoms with E-state index in [4.69, 9.17) is 0 Å². The van der Waals surface area contributed by atoms with Gasteiger partial charge in [0, 0.05) is 5.39 Å². The van der Waals surface area contributed by atoms with Crippen LogP contribution < -0.4 is 4.90 Å². The van der Waals surface area contributed by atoms with Gasteiger partial charge in [-0.2, -0.15) is 0 Å². The highest BCUT2D eigenvalue weighted by Crippen LogP contribution is 2.28. The highest BCUT2D eigenvalue weighted by atomic mass is 19.1. The summed E-state index contributed by atoms with van der Waals surface area (Å²) < 4.78 is 12.7. The van der Waals surface area contributed by atoms with E-state index in [1.54, 1.807) is 13.0 Å². The Morgan fingerprint density at radius 1 is 1.26 bits per heavy atom. The van der Waals surface area contributed by atoms with E-state index in [1.165, 1.54) is 4.90 Å². The van der Waals surface area contributed by atoms with Crippen LogP contribution in [0.5, 0.6) is 0 Å². The van der Waals surface area contributed by atoms with Gasteiger partial charge in [-0.3, -0.25) is 4.79 Å². The summed E-state index contributed by atoms with van der Waals surface area (Å²) in [4.78, 5) is 13.1. The molecule has 2 rings (SSSR count). The molecule has 0 saturated carbocycles. The summed E-state index contributed by atoms with van der Waals surface area (Å²) >= 11 is 0. The van der Waals surface area contributed by atoms with E-state index in [9.17, 15) is 14.3 Å². The molecule has 1 N–H and O–H groups in total. The van der Waals surface area contributed by atoms with Crippen LogP contribution in [-0.2, 0) is 4.79 Å². The van der Waals surface area contributed by atoms with Crippen molar-refractivity contribution < 1.29 is 14.3 Å². The van der Waals surface area contributed by atoms with Crippen molar-refractivity contribution in [3.8, 4) is 0 Å². The molecule has 0 fully saturated rings. The number of aliphatic hydroxyl groups excluding tert-OH is 1. The Balaban J connectivity index is 2.59. The maximum Gasteiger partial charge on any atom is 0.258 e. The van der Waals surface area contributed by atoms with Crippen molar-refractivity contribution in [2.75, 3.05) is 18.2 Å². The smallest absolute Gasteiger partial charge is 0.258 e. The molecule has 0 bridgehead atoms. The summed E-state index contributed by atoms with van der Waals surface area (Å²) in [7, 11) is 0. The monoisotopic (exact) mass is 261 g/mol. The normalized spacial score (nSPS) is 12.4. The minimum absolute atomic E-state index is 0.213. The van der Waals surface area contributed by atoms with Crippen molar-refractivity contribution in [3.05, 3.63) is 42.5 Å². The van der Waals surface area contributed by atoms with E-state index in [0.717, 1.165) is 10.8 Å². The molecule has 1 unspecified atom stereocenters. The molecule has 3 nitrogen and oxygen atoms in total. The molecular formula is C15H16FNO2. The fourth-order valence-corrected chi connectivity index (χ4v) is 2.18. The average Bonchev–Trinajstić information content (AvgIpc) is 2.47. The number of benzene rings is 2. The lowest BCUT2D eigenvalue weighted by molar-refractivity contribution is -0.120. The number of anilines is 1. The minimum atomic E-state index is -1.08. The molecule has 100 valence electrons. The van der Waals surface area contributed by atoms with Crippen molar-refractivity contribution in [1.29, 1.82) is 0 Å². The first-order chi connectivity index (χ1) is 9.19. The summed E-state index contributed by atoms with van der Waals surface area (Å²) in [5.41, 5.74) is 0.627. The van der Waals surface area contributed by atoms with Gasteiger partial charge in [0.1, 0.15) is 0 Å². The first kappa shape index (κ1) is 13.5. The largest absolute Gasteiger partial charge is 0.394 e. The number of nitrogens with zero attached hydrogens (tertiary/aromatic N) is 1. The first-order valence-electron chi connectivity index (χ1n) is 6.15. The van der Waals surface area contributed by atoms with Crippen LogP contribution in [0.2, 0.25) is 0 Å². The molecule has 0 saturated heterocycles. The third kappa shape index (κ3) is 2.58. The SMILES string of the molecule is CC(CO)N(C(=O)CF)c1cccc2ccccc12. The van der Waals surface area contributed by atoms with Gasteiger partial charge in [0.2, 0.25) is 0 Å². The Bertz CT molecular complexity index is 580. The predicted molar refractivity (Wildman–Crippen MR) is 74.0 cm³/mol.